The van der Waals surface area contributed by atoms with Gasteiger partial charge in [0, 0.05) is 0 Å². The molecule has 1 heteroatoms. The SMILES string of the molecule is CCCC(C)CC(CN)c1ccccc1. The molecule has 15 heavy (non-hydrogen) atoms. The van der Waals surface area contributed by atoms with E-state index in [0.717, 1.165) is 12.5 Å². The molecule has 2 atom stereocenters. The Labute approximate surface area is 93.7 Å². The summed E-state index contributed by atoms with van der Waals surface area (Å²) in [5.41, 5.74) is 7.24. The maximum absolute atomic E-state index is 5.85. The van der Waals surface area contributed by atoms with Gasteiger partial charge < -0.3 is 5.73 Å². The fraction of sp³-hybridized carbons (Fsp3) is 0.571. The Hall–Kier alpha value is -0.820. The minimum absolute atomic E-state index is 0.535. The quantitative estimate of drug-likeness (QED) is 0.755. The van der Waals surface area contributed by atoms with E-state index in [1.54, 1.807) is 0 Å². The second kappa shape index (κ2) is 6.62. The van der Waals surface area contributed by atoms with Gasteiger partial charge in [0.1, 0.15) is 0 Å². The Morgan fingerprint density at radius 3 is 2.40 bits per heavy atom. The molecule has 0 heterocycles. The van der Waals surface area contributed by atoms with E-state index < -0.39 is 0 Å². The van der Waals surface area contributed by atoms with Crippen molar-refractivity contribution in [2.75, 3.05) is 6.54 Å². The van der Waals surface area contributed by atoms with E-state index in [0.29, 0.717) is 5.92 Å². The summed E-state index contributed by atoms with van der Waals surface area (Å²) in [5.74, 6) is 1.32. The van der Waals surface area contributed by atoms with Crippen LogP contribution in [0.3, 0.4) is 0 Å². The lowest BCUT2D eigenvalue weighted by molar-refractivity contribution is 0.438. The van der Waals surface area contributed by atoms with Crippen LogP contribution in [0, 0.1) is 5.92 Å². The number of rotatable bonds is 6. The normalized spacial score (nSPS) is 14.9. The number of nitrogens with two attached hydrogens (primary N) is 1. The van der Waals surface area contributed by atoms with Gasteiger partial charge in [-0.1, -0.05) is 57.0 Å². The van der Waals surface area contributed by atoms with Crippen LogP contribution in [-0.4, -0.2) is 6.54 Å². The maximum Gasteiger partial charge on any atom is -0.000814 e. The highest BCUT2D eigenvalue weighted by Crippen LogP contribution is 2.24. The van der Waals surface area contributed by atoms with E-state index in [9.17, 15) is 0 Å². The van der Waals surface area contributed by atoms with Crippen molar-refractivity contribution in [1.82, 2.24) is 0 Å². The molecule has 84 valence electrons. The molecule has 1 aromatic rings. The van der Waals surface area contributed by atoms with Gasteiger partial charge in [-0.2, -0.15) is 0 Å². The van der Waals surface area contributed by atoms with Gasteiger partial charge in [0.25, 0.3) is 0 Å². The number of hydrogen-bond donors (Lipinski definition) is 1. The van der Waals surface area contributed by atoms with Crippen molar-refractivity contribution in [3.05, 3.63) is 35.9 Å². The monoisotopic (exact) mass is 205 g/mol. The number of benzene rings is 1. The van der Waals surface area contributed by atoms with Gasteiger partial charge in [0.2, 0.25) is 0 Å². The van der Waals surface area contributed by atoms with Gasteiger partial charge in [0.15, 0.2) is 0 Å². The Morgan fingerprint density at radius 2 is 1.87 bits per heavy atom. The highest BCUT2D eigenvalue weighted by molar-refractivity contribution is 5.19. The second-order valence-electron chi connectivity index (χ2n) is 4.47. The molecule has 2 unspecified atom stereocenters. The molecular formula is C14H23N. The van der Waals surface area contributed by atoms with Crippen molar-refractivity contribution >= 4 is 0 Å². The Morgan fingerprint density at radius 1 is 1.20 bits per heavy atom. The zero-order chi connectivity index (χ0) is 11.1. The summed E-state index contributed by atoms with van der Waals surface area (Å²) in [4.78, 5) is 0. The van der Waals surface area contributed by atoms with Crippen LogP contribution in [0.5, 0.6) is 0 Å². The van der Waals surface area contributed by atoms with Crippen LogP contribution in [0.2, 0.25) is 0 Å². The highest BCUT2D eigenvalue weighted by atomic mass is 14.5. The van der Waals surface area contributed by atoms with Crippen LogP contribution in [0.4, 0.5) is 0 Å². The topological polar surface area (TPSA) is 26.0 Å². The molecule has 1 aromatic carbocycles. The van der Waals surface area contributed by atoms with Crippen LogP contribution in [0.25, 0.3) is 0 Å². The van der Waals surface area contributed by atoms with Crippen molar-refractivity contribution in [3.63, 3.8) is 0 Å². The fourth-order valence-electron chi connectivity index (χ4n) is 2.19. The van der Waals surface area contributed by atoms with E-state index in [-0.39, 0.29) is 0 Å². The first kappa shape index (κ1) is 12.3. The number of hydrogen-bond acceptors (Lipinski definition) is 1. The molecule has 0 saturated heterocycles. The summed E-state index contributed by atoms with van der Waals surface area (Å²) in [6, 6.07) is 10.6. The first-order valence-electron chi connectivity index (χ1n) is 6.03. The minimum atomic E-state index is 0.535. The van der Waals surface area contributed by atoms with Crippen molar-refractivity contribution in [1.29, 1.82) is 0 Å². The summed E-state index contributed by atoms with van der Waals surface area (Å²) in [7, 11) is 0. The molecule has 1 rings (SSSR count). The molecule has 0 aliphatic heterocycles. The van der Waals surface area contributed by atoms with Crippen LogP contribution in [-0.2, 0) is 0 Å². The first-order chi connectivity index (χ1) is 7.27. The van der Waals surface area contributed by atoms with E-state index in [1.807, 2.05) is 0 Å². The zero-order valence-corrected chi connectivity index (χ0v) is 9.95. The molecule has 0 radical (unpaired) electrons. The van der Waals surface area contributed by atoms with Gasteiger partial charge >= 0.3 is 0 Å². The van der Waals surface area contributed by atoms with Crippen LogP contribution >= 0.6 is 0 Å². The molecular weight excluding hydrogens is 182 g/mol. The summed E-state index contributed by atoms with van der Waals surface area (Å²) in [6.07, 6.45) is 3.80. The van der Waals surface area contributed by atoms with Crippen molar-refractivity contribution < 1.29 is 0 Å². The average molecular weight is 205 g/mol. The smallest absolute Gasteiger partial charge is 0.000814 e. The first-order valence-corrected chi connectivity index (χ1v) is 6.03. The third-order valence-electron chi connectivity index (χ3n) is 3.02. The molecule has 0 bridgehead atoms. The largest absolute Gasteiger partial charge is 0.330 e. The summed E-state index contributed by atoms with van der Waals surface area (Å²) in [6.45, 7) is 5.34. The summed E-state index contributed by atoms with van der Waals surface area (Å²) < 4.78 is 0. The Kier molecular flexibility index (Phi) is 5.41. The summed E-state index contributed by atoms with van der Waals surface area (Å²) >= 11 is 0. The predicted molar refractivity (Wildman–Crippen MR) is 66.9 cm³/mol. The lowest BCUT2D eigenvalue weighted by atomic mass is 9.88. The fourth-order valence-corrected chi connectivity index (χ4v) is 2.19. The second-order valence-corrected chi connectivity index (χ2v) is 4.47. The highest BCUT2D eigenvalue weighted by Gasteiger charge is 2.12. The molecule has 0 aromatic heterocycles. The van der Waals surface area contributed by atoms with Gasteiger partial charge in [-0.3, -0.25) is 0 Å². The summed E-state index contributed by atoms with van der Waals surface area (Å²) in [5, 5.41) is 0. The molecule has 0 aliphatic rings. The maximum atomic E-state index is 5.85. The standard InChI is InChI=1S/C14H23N/c1-3-7-12(2)10-14(11-15)13-8-5-4-6-9-13/h4-6,8-9,12,14H,3,7,10-11,15H2,1-2H3. The molecule has 0 fully saturated rings. The molecule has 2 N–H and O–H groups in total. The van der Waals surface area contributed by atoms with Crippen molar-refractivity contribution in [3.8, 4) is 0 Å². The van der Waals surface area contributed by atoms with Gasteiger partial charge in [0.05, 0.1) is 0 Å². The average Bonchev–Trinajstić information content (AvgIpc) is 2.27. The van der Waals surface area contributed by atoms with Crippen LogP contribution in [0.15, 0.2) is 30.3 Å². The van der Waals surface area contributed by atoms with Crippen LogP contribution in [0.1, 0.15) is 44.6 Å². The lowest BCUT2D eigenvalue weighted by Crippen LogP contribution is -2.15. The Bertz CT molecular complexity index is 255. The minimum Gasteiger partial charge on any atom is -0.330 e. The molecule has 0 amide bonds. The van der Waals surface area contributed by atoms with Crippen LogP contribution < -0.4 is 5.73 Å². The van der Waals surface area contributed by atoms with Gasteiger partial charge in [-0.05, 0) is 30.4 Å². The van der Waals surface area contributed by atoms with E-state index >= 15 is 0 Å². The lowest BCUT2D eigenvalue weighted by Gasteiger charge is -2.19. The molecule has 1 nitrogen and oxygen atoms in total. The molecule has 0 spiro atoms. The Balaban J connectivity index is 2.56. The molecule has 0 aliphatic carbocycles. The van der Waals surface area contributed by atoms with E-state index in [4.69, 9.17) is 5.73 Å². The molecule has 0 saturated carbocycles. The van der Waals surface area contributed by atoms with Crippen molar-refractivity contribution in [2.45, 2.75) is 39.0 Å². The predicted octanol–water partition coefficient (Wildman–Crippen LogP) is 3.56. The third kappa shape index (κ3) is 4.05. The van der Waals surface area contributed by atoms with Crippen molar-refractivity contribution in [2.24, 2.45) is 11.7 Å². The van der Waals surface area contributed by atoms with E-state index in [1.165, 1.54) is 24.8 Å². The van der Waals surface area contributed by atoms with Gasteiger partial charge in [-0.15, -0.1) is 0 Å². The van der Waals surface area contributed by atoms with Gasteiger partial charge in [-0.25, -0.2) is 0 Å². The zero-order valence-electron chi connectivity index (χ0n) is 9.95. The van der Waals surface area contributed by atoms with E-state index in [2.05, 4.69) is 44.2 Å². The third-order valence-corrected chi connectivity index (χ3v) is 3.02.